The minimum absolute atomic E-state index is 0.0965. The maximum atomic E-state index is 13.3. The lowest BCUT2D eigenvalue weighted by atomic mass is 10.1. The number of hydrogen-bond donors (Lipinski definition) is 0. The molecule has 2 aromatic carbocycles. The highest BCUT2D eigenvalue weighted by Crippen LogP contribution is 2.35. The topological polar surface area (TPSA) is 99.7 Å². The Morgan fingerprint density at radius 1 is 0.611 bits per heavy atom. The molecule has 0 aromatic heterocycles. The quantitative estimate of drug-likeness (QED) is 0.557. The zero-order valence-electron chi connectivity index (χ0n) is 20.3. The maximum absolute atomic E-state index is 13.3. The molecular weight excluding hydrogens is 464 g/mol. The van der Waals surface area contributed by atoms with Crippen LogP contribution in [0.5, 0.6) is 11.5 Å². The SMILES string of the molecule is COc1ccccc1N1C(=O)CC(N2CCN(C3CC(=O)N(c4ccccc4OC)C3=O)CC2)C1=O. The van der Waals surface area contributed by atoms with Crippen LogP contribution < -0.4 is 19.3 Å². The van der Waals surface area contributed by atoms with E-state index in [0.717, 1.165) is 0 Å². The van der Waals surface area contributed by atoms with Crippen molar-refractivity contribution in [3.05, 3.63) is 48.5 Å². The molecule has 3 heterocycles. The number of benzene rings is 2. The average molecular weight is 493 g/mol. The Morgan fingerprint density at radius 3 is 1.33 bits per heavy atom. The maximum Gasteiger partial charge on any atom is 0.251 e. The Bertz CT molecular complexity index is 1110. The van der Waals surface area contributed by atoms with Gasteiger partial charge in [-0.3, -0.25) is 29.0 Å². The highest BCUT2D eigenvalue weighted by molar-refractivity contribution is 6.23. The van der Waals surface area contributed by atoms with E-state index in [9.17, 15) is 19.2 Å². The first-order valence-corrected chi connectivity index (χ1v) is 11.9. The number of methoxy groups -OCH3 is 2. The molecule has 3 fully saturated rings. The normalized spacial score (nSPS) is 23.6. The van der Waals surface area contributed by atoms with Crippen LogP contribution in [0.3, 0.4) is 0 Å². The molecule has 2 unspecified atom stereocenters. The molecule has 0 N–H and O–H groups in total. The number of para-hydroxylation sites is 4. The molecule has 0 aliphatic carbocycles. The van der Waals surface area contributed by atoms with E-state index in [0.29, 0.717) is 49.1 Å². The lowest BCUT2D eigenvalue weighted by Gasteiger charge is -2.38. The summed E-state index contributed by atoms with van der Waals surface area (Å²) in [7, 11) is 3.01. The molecule has 0 radical (unpaired) electrons. The first-order chi connectivity index (χ1) is 17.4. The third-order valence-corrected chi connectivity index (χ3v) is 7.13. The zero-order chi connectivity index (χ0) is 25.4. The van der Waals surface area contributed by atoms with E-state index in [1.54, 1.807) is 48.5 Å². The summed E-state index contributed by atoms with van der Waals surface area (Å²) in [5, 5.41) is 0. The van der Waals surface area contributed by atoms with E-state index in [1.165, 1.54) is 24.0 Å². The Kier molecular flexibility index (Phi) is 6.46. The fraction of sp³-hybridized carbons (Fsp3) is 0.385. The summed E-state index contributed by atoms with van der Waals surface area (Å²) in [6, 6.07) is 12.8. The van der Waals surface area contributed by atoms with Crippen molar-refractivity contribution in [3.63, 3.8) is 0 Å². The van der Waals surface area contributed by atoms with E-state index >= 15 is 0 Å². The van der Waals surface area contributed by atoms with Crippen LogP contribution in [0.1, 0.15) is 12.8 Å². The smallest absolute Gasteiger partial charge is 0.251 e. The fourth-order valence-corrected chi connectivity index (χ4v) is 5.30. The third kappa shape index (κ3) is 4.02. The lowest BCUT2D eigenvalue weighted by Crippen LogP contribution is -2.56. The number of imide groups is 2. The van der Waals surface area contributed by atoms with Crippen molar-refractivity contribution in [1.29, 1.82) is 0 Å². The summed E-state index contributed by atoms with van der Waals surface area (Å²) in [6.45, 7) is 2.04. The second kappa shape index (κ2) is 9.71. The van der Waals surface area contributed by atoms with Gasteiger partial charge in [0.15, 0.2) is 0 Å². The van der Waals surface area contributed by atoms with Crippen molar-refractivity contribution in [2.75, 3.05) is 50.2 Å². The van der Waals surface area contributed by atoms with Gasteiger partial charge < -0.3 is 9.47 Å². The van der Waals surface area contributed by atoms with Gasteiger partial charge in [-0.2, -0.15) is 0 Å². The summed E-state index contributed by atoms with van der Waals surface area (Å²) < 4.78 is 10.7. The molecule has 0 spiro atoms. The molecule has 10 heteroatoms. The molecule has 2 atom stereocenters. The summed E-state index contributed by atoms with van der Waals surface area (Å²) >= 11 is 0. The molecule has 5 rings (SSSR count). The summed E-state index contributed by atoms with van der Waals surface area (Å²) in [4.78, 5) is 58.5. The molecule has 0 bridgehead atoms. The van der Waals surface area contributed by atoms with Gasteiger partial charge in [0.05, 0.1) is 50.5 Å². The molecule has 10 nitrogen and oxygen atoms in total. The standard InChI is InChI=1S/C26H28N4O6/c1-35-21-9-5-3-7-17(21)29-23(31)15-19(25(29)33)27-11-13-28(14-12-27)20-16-24(32)30(26(20)34)18-8-4-6-10-22(18)36-2/h3-10,19-20H,11-16H2,1-2H3. The third-order valence-electron chi connectivity index (χ3n) is 7.13. The first-order valence-electron chi connectivity index (χ1n) is 11.9. The first kappa shape index (κ1) is 24.0. The van der Waals surface area contributed by atoms with Crippen LogP contribution in [0, 0.1) is 0 Å². The molecule has 3 aliphatic heterocycles. The van der Waals surface area contributed by atoms with Gasteiger partial charge >= 0.3 is 0 Å². The highest BCUT2D eigenvalue weighted by atomic mass is 16.5. The van der Waals surface area contributed by atoms with Crippen molar-refractivity contribution in [3.8, 4) is 11.5 Å². The van der Waals surface area contributed by atoms with E-state index in [2.05, 4.69) is 0 Å². The summed E-state index contributed by atoms with van der Waals surface area (Å²) in [5.74, 6) is -0.135. The predicted molar refractivity (Wildman–Crippen MR) is 131 cm³/mol. The van der Waals surface area contributed by atoms with Gasteiger partial charge in [-0.1, -0.05) is 24.3 Å². The van der Waals surface area contributed by atoms with E-state index in [1.807, 2.05) is 9.80 Å². The van der Waals surface area contributed by atoms with Crippen molar-refractivity contribution in [2.45, 2.75) is 24.9 Å². The van der Waals surface area contributed by atoms with Crippen LogP contribution in [0.2, 0.25) is 0 Å². The minimum Gasteiger partial charge on any atom is -0.495 e. The molecule has 36 heavy (non-hydrogen) atoms. The largest absolute Gasteiger partial charge is 0.495 e. The number of carbonyl (C=O) groups is 4. The second-order valence-corrected chi connectivity index (χ2v) is 8.99. The molecule has 0 saturated carbocycles. The Balaban J connectivity index is 1.25. The van der Waals surface area contributed by atoms with Crippen molar-refractivity contribution < 1.29 is 28.7 Å². The molecule has 188 valence electrons. The summed E-state index contributed by atoms with van der Waals surface area (Å²) in [5.41, 5.74) is 0.894. The highest BCUT2D eigenvalue weighted by Gasteiger charge is 2.47. The number of anilines is 2. The van der Waals surface area contributed by atoms with E-state index < -0.39 is 12.1 Å². The Morgan fingerprint density at radius 2 is 0.972 bits per heavy atom. The number of hydrogen-bond acceptors (Lipinski definition) is 8. The fourth-order valence-electron chi connectivity index (χ4n) is 5.30. The minimum atomic E-state index is -0.560. The van der Waals surface area contributed by atoms with Crippen molar-refractivity contribution in [2.24, 2.45) is 0 Å². The van der Waals surface area contributed by atoms with Crippen LogP contribution in [-0.2, 0) is 19.2 Å². The zero-order valence-corrected chi connectivity index (χ0v) is 20.3. The van der Waals surface area contributed by atoms with Gasteiger partial charge in [0.1, 0.15) is 11.5 Å². The number of amides is 4. The average Bonchev–Trinajstić information content (AvgIpc) is 3.37. The second-order valence-electron chi connectivity index (χ2n) is 8.99. The summed E-state index contributed by atoms with van der Waals surface area (Å²) in [6.07, 6.45) is 0.193. The van der Waals surface area contributed by atoms with E-state index in [4.69, 9.17) is 9.47 Å². The molecule has 3 aliphatic rings. The monoisotopic (exact) mass is 492 g/mol. The number of ether oxygens (including phenoxy) is 2. The molecular formula is C26H28N4O6. The van der Waals surface area contributed by atoms with Crippen molar-refractivity contribution >= 4 is 35.0 Å². The molecule has 4 amide bonds. The van der Waals surface area contributed by atoms with Gasteiger partial charge in [0.2, 0.25) is 11.8 Å². The van der Waals surface area contributed by atoms with Gasteiger partial charge in [0, 0.05) is 26.2 Å². The van der Waals surface area contributed by atoms with Gasteiger partial charge in [-0.25, -0.2) is 9.80 Å². The predicted octanol–water partition coefficient (Wildman–Crippen LogP) is 1.29. The van der Waals surface area contributed by atoms with Gasteiger partial charge in [-0.05, 0) is 24.3 Å². The number of nitrogens with zero attached hydrogens (tertiary/aromatic N) is 4. The van der Waals surface area contributed by atoms with Crippen LogP contribution in [0.15, 0.2) is 48.5 Å². The van der Waals surface area contributed by atoms with Crippen LogP contribution in [0.4, 0.5) is 11.4 Å². The van der Waals surface area contributed by atoms with Crippen LogP contribution in [0.25, 0.3) is 0 Å². The molecule has 3 saturated heterocycles. The lowest BCUT2D eigenvalue weighted by molar-refractivity contribution is -0.126. The number of carbonyl (C=O) groups excluding carboxylic acids is 4. The van der Waals surface area contributed by atoms with Crippen LogP contribution in [-0.4, -0.2) is 85.9 Å². The number of rotatable bonds is 6. The van der Waals surface area contributed by atoms with E-state index in [-0.39, 0.29) is 36.5 Å². The van der Waals surface area contributed by atoms with Gasteiger partial charge in [0.25, 0.3) is 11.8 Å². The number of piperazine rings is 1. The Labute approximate surface area is 208 Å². The molecule has 2 aromatic rings. The Hall–Kier alpha value is -3.76. The van der Waals surface area contributed by atoms with Gasteiger partial charge in [-0.15, -0.1) is 0 Å². The van der Waals surface area contributed by atoms with Crippen LogP contribution >= 0.6 is 0 Å². The van der Waals surface area contributed by atoms with Crippen molar-refractivity contribution in [1.82, 2.24) is 9.80 Å².